The van der Waals surface area contributed by atoms with E-state index in [0.717, 1.165) is 17.8 Å². The molecular weight excluding hydrogens is 280 g/mol. The van der Waals surface area contributed by atoms with Crippen LogP contribution in [0.15, 0.2) is 29.1 Å². The molecule has 0 unspecified atom stereocenters. The SMILES string of the molecule is Nc1ncc([N+](=O)[O-])cc1C(=O)NCCc1ccsc1. The molecule has 0 bridgehead atoms. The van der Waals surface area contributed by atoms with Crippen molar-refractivity contribution in [3.8, 4) is 0 Å². The molecule has 0 radical (unpaired) electrons. The molecular formula is C12H12N4O3S. The Morgan fingerprint density at radius 1 is 1.55 bits per heavy atom. The molecule has 0 atom stereocenters. The van der Waals surface area contributed by atoms with Crippen LogP contribution in [0.5, 0.6) is 0 Å². The van der Waals surface area contributed by atoms with E-state index in [-0.39, 0.29) is 17.1 Å². The van der Waals surface area contributed by atoms with Crippen LogP contribution in [-0.2, 0) is 6.42 Å². The van der Waals surface area contributed by atoms with E-state index in [2.05, 4.69) is 10.3 Å². The fourth-order valence-electron chi connectivity index (χ4n) is 1.60. The molecule has 2 aromatic heterocycles. The van der Waals surface area contributed by atoms with Crippen molar-refractivity contribution in [2.45, 2.75) is 6.42 Å². The number of nitrogens with one attached hydrogen (secondary N) is 1. The first-order chi connectivity index (χ1) is 9.58. The van der Waals surface area contributed by atoms with Gasteiger partial charge in [-0.1, -0.05) is 0 Å². The van der Waals surface area contributed by atoms with Crippen molar-refractivity contribution in [2.75, 3.05) is 12.3 Å². The second-order valence-electron chi connectivity index (χ2n) is 4.02. The highest BCUT2D eigenvalue weighted by molar-refractivity contribution is 7.07. The Balaban J connectivity index is 2.01. The lowest BCUT2D eigenvalue weighted by atomic mass is 10.2. The number of thiophene rings is 1. The molecule has 0 aliphatic carbocycles. The number of nitrogens with two attached hydrogens (primary N) is 1. The van der Waals surface area contributed by atoms with E-state index in [1.54, 1.807) is 11.3 Å². The van der Waals surface area contributed by atoms with Crippen molar-refractivity contribution < 1.29 is 9.72 Å². The van der Waals surface area contributed by atoms with Crippen molar-refractivity contribution >= 4 is 28.7 Å². The lowest BCUT2D eigenvalue weighted by Crippen LogP contribution is -2.26. The number of hydrogen-bond acceptors (Lipinski definition) is 6. The van der Waals surface area contributed by atoms with E-state index >= 15 is 0 Å². The average Bonchev–Trinajstić information content (AvgIpc) is 2.92. The summed E-state index contributed by atoms with van der Waals surface area (Å²) in [4.78, 5) is 25.6. The minimum atomic E-state index is -0.616. The molecule has 20 heavy (non-hydrogen) atoms. The van der Waals surface area contributed by atoms with Crippen LogP contribution < -0.4 is 11.1 Å². The molecule has 1 amide bonds. The Hall–Kier alpha value is -2.48. The summed E-state index contributed by atoms with van der Waals surface area (Å²) in [7, 11) is 0. The highest BCUT2D eigenvalue weighted by Crippen LogP contribution is 2.16. The number of amides is 1. The molecule has 8 heteroatoms. The second-order valence-corrected chi connectivity index (χ2v) is 4.80. The molecule has 104 valence electrons. The third-order valence-corrected chi connectivity index (χ3v) is 3.37. The van der Waals surface area contributed by atoms with Crippen LogP contribution in [0.2, 0.25) is 0 Å². The van der Waals surface area contributed by atoms with Crippen molar-refractivity contribution in [1.29, 1.82) is 0 Å². The molecule has 0 saturated heterocycles. The Morgan fingerprint density at radius 3 is 3.00 bits per heavy atom. The molecule has 0 fully saturated rings. The van der Waals surface area contributed by atoms with Gasteiger partial charge in [0.05, 0.1) is 10.5 Å². The topological polar surface area (TPSA) is 111 Å². The van der Waals surface area contributed by atoms with Gasteiger partial charge in [0.1, 0.15) is 12.0 Å². The van der Waals surface area contributed by atoms with E-state index in [0.29, 0.717) is 13.0 Å². The standard InChI is InChI=1S/C12H12N4O3S/c13-11-10(5-9(6-15-11)16(18)19)12(17)14-3-1-8-2-4-20-7-8/h2,4-7H,1,3H2,(H2,13,15)(H,14,17). The number of carbonyl (C=O) groups excluding carboxylic acids is 1. The normalized spacial score (nSPS) is 10.2. The minimum Gasteiger partial charge on any atom is -0.383 e. The Kier molecular flexibility index (Phi) is 4.26. The fourth-order valence-corrected chi connectivity index (χ4v) is 2.30. The fraction of sp³-hybridized carbons (Fsp3) is 0.167. The molecule has 2 rings (SSSR count). The van der Waals surface area contributed by atoms with E-state index in [1.807, 2.05) is 16.8 Å². The van der Waals surface area contributed by atoms with E-state index in [4.69, 9.17) is 5.73 Å². The summed E-state index contributed by atoms with van der Waals surface area (Å²) < 4.78 is 0. The Morgan fingerprint density at radius 2 is 2.35 bits per heavy atom. The van der Waals surface area contributed by atoms with Gasteiger partial charge >= 0.3 is 0 Å². The van der Waals surface area contributed by atoms with Gasteiger partial charge < -0.3 is 11.1 Å². The molecule has 2 heterocycles. The van der Waals surface area contributed by atoms with Crippen LogP contribution >= 0.6 is 11.3 Å². The average molecular weight is 292 g/mol. The molecule has 7 nitrogen and oxygen atoms in total. The summed E-state index contributed by atoms with van der Waals surface area (Å²) in [5, 5.41) is 17.3. The van der Waals surface area contributed by atoms with Gasteiger partial charge in [0.15, 0.2) is 0 Å². The third-order valence-electron chi connectivity index (χ3n) is 2.64. The Bertz CT molecular complexity index is 628. The summed E-state index contributed by atoms with van der Waals surface area (Å²) in [6, 6.07) is 3.10. The lowest BCUT2D eigenvalue weighted by molar-refractivity contribution is -0.385. The van der Waals surface area contributed by atoms with Crippen LogP contribution in [0.25, 0.3) is 0 Å². The predicted molar refractivity (Wildman–Crippen MR) is 75.7 cm³/mol. The number of anilines is 1. The molecule has 0 aliphatic heterocycles. The zero-order valence-corrected chi connectivity index (χ0v) is 11.2. The van der Waals surface area contributed by atoms with E-state index in [1.165, 1.54) is 0 Å². The number of rotatable bonds is 5. The first-order valence-corrected chi connectivity index (χ1v) is 6.71. The number of nitrogens with zero attached hydrogens (tertiary/aromatic N) is 2. The molecule has 0 aliphatic rings. The first-order valence-electron chi connectivity index (χ1n) is 5.77. The summed E-state index contributed by atoms with van der Waals surface area (Å²) in [5.41, 5.74) is 6.45. The summed E-state index contributed by atoms with van der Waals surface area (Å²) in [5.74, 6) is -0.488. The molecule has 2 aromatic rings. The third kappa shape index (κ3) is 3.29. The van der Waals surface area contributed by atoms with Gasteiger partial charge in [-0.2, -0.15) is 11.3 Å². The predicted octanol–water partition coefficient (Wildman–Crippen LogP) is 1.61. The van der Waals surface area contributed by atoms with Crippen LogP contribution in [0, 0.1) is 10.1 Å². The first kappa shape index (κ1) is 13.9. The number of carbonyl (C=O) groups is 1. The summed E-state index contributed by atoms with van der Waals surface area (Å²) in [6.45, 7) is 0.428. The Labute approximate surface area is 118 Å². The van der Waals surface area contributed by atoms with Gasteiger partial charge in [0, 0.05) is 12.6 Å². The van der Waals surface area contributed by atoms with Crippen molar-refractivity contribution in [3.63, 3.8) is 0 Å². The van der Waals surface area contributed by atoms with Crippen molar-refractivity contribution in [3.05, 3.63) is 50.3 Å². The number of aromatic nitrogens is 1. The van der Waals surface area contributed by atoms with Gasteiger partial charge in [0.2, 0.25) is 0 Å². The van der Waals surface area contributed by atoms with E-state index in [9.17, 15) is 14.9 Å². The number of pyridine rings is 1. The molecule has 3 N–H and O–H groups in total. The van der Waals surface area contributed by atoms with Crippen molar-refractivity contribution in [2.24, 2.45) is 0 Å². The summed E-state index contributed by atoms with van der Waals surface area (Å²) >= 11 is 1.58. The largest absolute Gasteiger partial charge is 0.383 e. The number of nitro groups is 1. The lowest BCUT2D eigenvalue weighted by Gasteiger charge is -2.06. The monoisotopic (exact) mass is 292 g/mol. The van der Waals surface area contributed by atoms with Gasteiger partial charge in [0.25, 0.3) is 11.6 Å². The second kappa shape index (κ2) is 6.11. The van der Waals surface area contributed by atoms with Crippen molar-refractivity contribution in [1.82, 2.24) is 10.3 Å². The van der Waals surface area contributed by atoms with Crippen LogP contribution in [0.1, 0.15) is 15.9 Å². The van der Waals surface area contributed by atoms with Gasteiger partial charge in [-0.05, 0) is 28.8 Å². The highest BCUT2D eigenvalue weighted by atomic mass is 32.1. The zero-order valence-electron chi connectivity index (χ0n) is 10.4. The van der Waals surface area contributed by atoms with Crippen LogP contribution in [-0.4, -0.2) is 22.4 Å². The highest BCUT2D eigenvalue weighted by Gasteiger charge is 2.16. The maximum absolute atomic E-state index is 11.9. The van der Waals surface area contributed by atoms with Gasteiger partial charge in [-0.3, -0.25) is 14.9 Å². The summed E-state index contributed by atoms with van der Waals surface area (Å²) in [6.07, 6.45) is 1.72. The zero-order chi connectivity index (χ0) is 14.5. The number of hydrogen-bond donors (Lipinski definition) is 2. The smallest absolute Gasteiger partial charge is 0.288 e. The van der Waals surface area contributed by atoms with Gasteiger partial charge in [-0.15, -0.1) is 0 Å². The van der Waals surface area contributed by atoms with Crippen LogP contribution in [0.3, 0.4) is 0 Å². The minimum absolute atomic E-state index is 0.0181. The van der Waals surface area contributed by atoms with E-state index < -0.39 is 10.8 Å². The number of nitrogen functional groups attached to an aromatic ring is 1. The molecule has 0 spiro atoms. The molecule has 0 aromatic carbocycles. The maximum Gasteiger partial charge on any atom is 0.288 e. The van der Waals surface area contributed by atoms with Gasteiger partial charge in [-0.25, -0.2) is 4.98 Å². The maximum atomic E-state index is 11.9. The molecule has 0 saturated carbocycles. The quantitative estimate of drug-likeness (QED) is 0.642. The van der Waals surface area contributed by atoms with Crippen LogP contribution in [0.4, 0.5) is 11.5 Å².